The molecule has 1 heterocycles. The number of nitrogens with one attached hydrogen (secondary N) is 1. The molecule has 1 aromatic rings. The van der Waals surface area contributed by atoms with E-state index in [1.54, 1.807) is 0 Å². The summed E-state index contributed by atoms with van der Waals surface area (Å²) in [6.45, 7) is 7.31. The Labute approximate surface area is 108 Å². The summed E-state index contributed by atoms with van der Waals surface area (Å²) in [5.41, 5.74) is 3.20. The van der Waals surface area contributed by atoms with Crippen molar-refractivity contribution in [3.8, 4) is 0 Å². The van der Waals surface area contributed by atoms with Crippen LogP contribution in [0.2, 0.25) is 0 Å². The van der Waals surface area contributed by atoms with Crippen molar-refractivity contribution in [1.29, 1.82) is 0 Å². The van der Waals surface area contributed by atoms with Crippen LogP contribution in [-0.2, 0) is 9.53 Å². The standard InChI is InChI=1S/C14H20N2O2/c1-3-14(17)15-13-5-4-12(10-11(13)2)16-6-8-18-9-7-16/h4-5,10H,3,6-9H2,1-2H3,(H,15,17). The predicted molar refractivity (Wildman–Crippen MR) is 73.1 cm³/mol. The molecule has 4 heteroatoms. The van der Waals surface area contributed by atoms with Gasteiger partial charge in [0.15, 0.2) is 0 Å². The lowest BCUT2D eigenvalue weighted by Crippen LogP contribution is -2.36. The van der Waals surface area contributed by atoms with Crippen molar-refractivity contribution < 1.29 is 9.53 Å². The summed E-state index contributed by atoms with van der Waals surface area (Å²) in [4.78, 5) is 13.7. The SMILES string of the molecule is CCC(=O)Nc1ccc(N2CCOCC2)cc1C. The van der Waals surface area contributed by atoms with Crippen LogP contribution in [0.4, 0.5) is 11.4 Å². The lowest BCUT2D eigenvalue weighted by Gasteiger charge is -2.29. The third-order valence-corrected chi connectivity index (χ3v) is 3.18. The molecule has 0 atom stereocenters. The molecule has 4 nitrogen and oxygen atoms in total. The maximum Gasteiger partial charge on any atom is 0.224 e. The predicted octanol–water partition coefficient (Wildman–Crippen LogP) is 2.18. The summed E-state index contributed by atoms with van der Waals surface area (Å²) < 4.78 is 5.34. The van der Waals surface area contributed by atoms with Crippen molar-refractivity contribution in [1.82, 2.24) is 0 Å². The minimum atomic E-state index is 0.0530. The Bertz CT molecular complexity index is 426. The first-order valence-corrected chi connectivity index (χ1v) is 6.44. The van der Waals surface area contributed by atoms with Crippen molar-refractivity contribution in [2.45, 2.75) is 20.3 Å². The first-order valence-electron chi connectivity index (χ1n) is 6.44. The molecule has 1 saturated heterocycles. The number of hydrogen-bond donors (Lipinski definition) is 1. The number of amides is 1. The van der Waals surface area contributed by atoms with Gasteiger partial charge in [-0.25, -0.2) is 0 Å². The Morgan fingerprint density at radius 1 is 1.39 bits per heavy atom. The topological polar surface area (TPSA) is 41.6 Å². The number of rotatable bonds is 3. The molecule has 1 fully saturated rings. The number of carbonyl (C=O) groups excluding carboxylic acids is 1. The molecule has 98 valence electrons. The van der Waals surface area contributed by atoms with Crippen LogP contribution in [-0.4, -0.2) is 32.2 Å². The number of hydrogen-bond acceptors (Lipinski definition) is 3. The summed E-state index contributed by atoms with van der Waals surface area (Å²) in [6.07, 6.45) is 0.505. The summed E-state index contributed by atoms with van der Waals surface area (Å²) >= 11 is 0. The smallest absolute Gasteiger partial charge is 0.224 e. The fourth-order valence-electron chi connectivity index (χ4n) is 2.04. The molecule has 0 radical (unpaired) electrons. The summed E-state index contributed by atoms with van der Waals surface area (Å²) in [5.74, 6) is 0.0530. The molecule has 0 unspecified atom stereocenters. The Morgan fingerprint density at radius 3 is 2.72 bits per heavy atom. The second-order valence-corrected chi connectivity index (χ2v) is 4.50. The van der Waals surface area contributed by atoms with Crippen LogP contribution in [0.25, 0.3) is 0 Å². The van der Waals surface area contributed by atoms with Gasteiger partial charge in [-0.05, 0) is 30.7 Å². The normalized spacial score (nSPS) is 15.6. The van der Waals surface area contributed by atoms with Gasteiger partial charge in [0.25, 0.3) is 0 Å². The zero-order valence-corrected chi connectivity index (χ0v) is 11.0. The largest absolute Gasteiger partial charge is 0.378 e. The Morgan fingerprint density at radius 2 is 2.11 bits per heavy atom. The first kappa shape index (κ1) is 12.9. The second kappa shape index (κ2) is 5.87. The summed E-state index contributed by atoms with van der Waals surface area (Å²) in [6, 6.07) is 6.16. The highest BCUT2D eigenvalue weighted by Crippen LogP contribution is 2.23. The molecule has 1 aliphatic heterocycles. The van der Waals surface area contributed by atoms with Gasteiger partial charge < -0.3 is 15.0 Å². The average Bonchev–Trinajstić information content (AvgIpc) is 2.42. The van der Waals surface area contributed by atoms with Crippen LogP contribution in [0.5, 0.6) is 0 Å². The molecule has 0 spiro atoms. The Kier molecular flexibility index (Phi) is 4.20. The highest BCUT2D eigenvalue weighted by molar-refractivity contribution is 5.91. The lowest BCUT2D eigenvalue weighted by molar-refractivity contribution is -0.115. The third kappa shape index (κ3) is 3.01. The van der Waals surface area contributed by atoms with Gasteiger partial charge in [0.2, 0.25) is 5.91 Å². The van der Waals surface area contributed by atoms with Gasteiger partial charge >= 0.3 is 0 Å². The fraction of sp³-hybridized carbons (Fsp3) is 0.500. The number of benzene rings is 1. The van der Waals surface area contributed by atoms with Gasteiger partial charge in [0, 0.05) is 30.9 Å². The van der Waals surface area contributed by atoms with Crippen LogP contribution < -0.4 is 10.2 Å². The van der Waals surface area contributed by atoms with Crippen LogP contribution in [0.3, 0.4) is 0 Å². The maximum absolute atomic E-state index is 11.4. The first-order chi connectivity index (χ1) is 8.70. The highest BCUT2D eigenvalue weighted by atomic mass is 16.5. The van der Waals surface area contributed by atoms with Crippen molar-refractivity contribution in [2.75, 3.05) is 36.5 Å². The Balaban J connectivity index is 2.11. The van der Waals surface area contributed by atoms with Gasteiger partial charge in [-0.1, -0.05) is 6.92 Å². The second-order valence-electron chi connectivity index (χ2n) is 4.50. The van der Waals surface area contributed by atoms with Gasteiger partial charge in [-0.15, -0.1) is 0 Å². The molecule has 2 rings (SSSR count). The van der Waals surface area contributed by atoms with E-state index in [-0.39, 0.29) is 5.91 Å². The maximum atomic E-state index is 11.4. The quantitative estimate of drug-likeness (QED) is 0.891. The van der Waals surface area contributed by atoms with Crippen molar-refractivity contribution in [3.63, 3.8) is 0 Å². The Hall–Kier alpha value is -1.55. The van der Waals surface area contributed by atoms with Crippen molar-refractivity contribution in [2.24, 2.45) is 0 Å². The molecule has 0 aromatic heterocycles. The average molecular weight is 248 g/mol. The summed E-state index contributed by atoms with van der Waals surface area (Å²) in [5, 5.41) is 2.91. The third-order valence-electron chi connectivity index (χ3n) is 3.18. The number of anilines is 2. The number of carbonyl (C=O) groups is 1. The number of nitrogens with zero attached hydrogens (tertiary/aromatic N) is 1. The van der Waals surface area contributed by atoms with E-state index in [9.17, 15) is 4.79 Å². The molecular formula is C14H20N2O2. The molecule has 0 bridgehead atoms. The molecular weight excluding hydrogens is 228 g/mol. The number of ether oxygens (including phenoxy) is 1. The van der Waals surface area contributed by atoms with Crippen LogP contribution >= 0.6 is 0 Å². The van der Waals surface area contributed by atoms with Gasteiger partial charge in [0.05, 0.1) is 13.2 Å². The summed E-state index contributed by atoms with van der Waals surface area (Å²) in [7, 11) is 0. The zero-order valence-electron chi connectivity index (χ0n) is 11.0. The minimum absolute atomic E-state index is 0.0530. The fourth-order valence-corrected chi connectivity index (χ4v) is 2.04. The van der Waals surface area contributed by atoms with Crippen LogP contribution in [0.15, 0.2) is 18.2 Å². The van der Waals surface area contributed by atoms with Crippen molar-refractivity contribution >= 4 is 17.3 Å². The molecule has 1 aliphatic rings. The van der Waals surface area contributed by atoms with Crippen LogP contribution in [0.1, 0.15) is 18.9 Å². The van der Waals surface area contributed by atoms with Gasteiger partial charge in [-0.3, -0.25) is 4.79 Å². The van der Waals surface area contributed by atoms with E-state index in [1.807, 2.05) is 19.9 Å². The molecule has 1 amide bonds. The van der Waals surface area contributed by atoms with E-state index in [2.05, 4.69) is 22.3 Å². The molecule has 0 aliphatic carbocycles. The lowest BCUT2D eigenvalue weighted by atomic mass is 10.1. The highest BCUT2D eigenvalue weighted by Gasteiger charge is 2.12. The van der Waals surface area contributed by atoms with E-state index in [1.165, 1.54) is 5.69 Å². The van der Waals surface area contributed by atoms with E-state index < -0.39 is 0 Å². The van der Waals surface area contributed by atoms with Gasteiger partial charge in [-0.2, -0.15) is 0 Å². The van der Waals surface area contributed by atoms with Crippen LogP contribution in [0, 0.1) is 6.92 Å². The van der Waals surface area contributed by atoms with E-state index >= 15 is 0 Å². The number of aryl methyl sites for hydroxylation is 1. The molecule has 1 aromatic carbocycles. The minimum Gasteiger partial charge on any atom is -0.378 e. The molecule has 0 saturated carbocycles. The van der Waals surface area contributed by atoms with E-state index in [0.29, 0.717) is 6.42 Å². The van der Waals surface area contributed by atoms with Gasteiger partial charge in [0.1, 0.15) is 0 Å². The number of morpholine rings is 1. The van der Waals surface area contributed by atoms with E-state index in [4.69, 9.17) is 4.74 Å². The van der Waals surface area contributed by atoms with E-state index in [0.717, 1.165) is 37.6 Å². The van der Waals surface area contributed by atoms with Crippen molar-refractivity contribution in [3.05, 3.63) is 23.8 Å². The molecule has 18 heavy (non-hydrogen) atoms. The molecule has 1 N–H and O–H groups in total. The zero-order chi connectivity index (χ0) is 13.0. The monoisotopic (exact) mass is 248 g/mol.